The molecule has 1 aliphatic carbocycles. The molecule has 0 spiro atoms. The van der Waals surface area contributed by atoms with E-state index in [4.69, 9.17) is 5.11 Å². The Hall–Kier alpha value is -1.06. The maximum absolute atomic E-state index is 9.32. The molecule has 18 heavy (non-hydrogen) atoms. The van der Waals surface area contributed by atoms with Crippen LogP contribution in [0.1, 0.15) is 37.9 Å². The Morgan fingerprint density at radius 3 is 2.72 bits per heavy atom. The highest BCUT2D eigenvalue weighted by atomic mass is 32.2. The summed E-state index contributed by atoms with van der Waals surface area (Å²) in [5.41, 5.74) is 0. The molecule has 1 heterocycles. The Kier molecular flexibility index (Phi) is 4.61. The fraction of sp³-hybridized carbons (Fsp3) is 0.750. The maximum atomic E-state index is 9.32. The third-order valence-electron chi connectivity index (χ3n) is 3.50. The molecule has 5 nitrogen and oxygen atoms in total. The van der Waals surface area contributed by atoms with Gasteiger partial charge >= 0.3 is 0 Å². The van der Waals surface area contributed by atoms with E-state index in [1.165, 1.54) is 31.0 Å². The lowest BCUT2D eigenvalue weighted by molar-refractivity contribution is 0.266. The molecule has 0 bridgehead atoms. The monoisotopic (exact) mass is 266 g/mol. The average Bonchev–Trinajstić information content (AvgIpc) is 2.77. The van der Waals surface area contributed by atoms with Gasteiger partial charge in [0.2, 0.25) is 0 Å². The Bertz CT molecular complexity index is 434. The van der Waals surface area contributed by atoms with Crippen LogP contribution < -0.4 is 0 Å². The zero-order valence-electron chi connectivity index (χ0n) is 10.5. The first-order chi connectivity index (χ1) is 8.76. The van der Waals surface area contributed by atoms with Gasteiger partial charge in [0.15, 0.2) is 11.0 Å². The molecule has 98 valence electrons. The molecule has 1 N–H and O–H groups in total. The van der Waals surface area contributed by atoms with E-state index in [9.17, 15) is 5.26 Å². The molecule has 1 saturated carbocycles. The van der Waals surface area contributed by atoms with Gasteiger partial charge in [-0.2, -0.15) is 5.26 Å². The summed E-state index contributed by atoms with van der Waals surface area (Å²) in [5.74, 6) is 1.00. The molecule has 1 unspecified atom stereocenters. The fourth-order valence-corrected chi connectivity index (χ4v) is 3.46. The van der Waals surface area contributed by atoms with Gasteiger partial charge in [0.1, 0.15) is 11.9 Å². The van der Waals surface area contributed by atoms with E-state index in [1.807, 2.05) is 7.05 Å². The van der Waals surface area contributed by atoms with Gasteiger partial charge < -0.3 is 9.67 Å². The summed E-state index contributed by atoms with van der Waals surface area (Å²) < 4.78 is 1.76. The molecule has 1 aromatic rings. The van der Waals surface area contributed by atoms with E-state index < -0.39 is 0 Å². The summed E-state index contributed by atoms with van der Waals surface area (Å²) in [6.45, 7) is -0.120. The number of thioether (sulfide) groups is 1. The number of rotatable bonds is 4. The highest BCUT2D eigenvalue weighted by Gasteiger charge is 2.26. The first kappa shape index (κ1) is 13.4. The van der Waals surface area contributed by atoms with Crippen LogP contribution in [-0.2, 0) is 13.7 Å². The van der Waals surface area contributed by atoms with E-state index in [0.717, 1.165) is 18.0 Å². The van der Waals surface area contributed by atoms with E-state index in [2.05, 4.69) is 16.3 Å². The van der Waals surface area contributed by atoms with Gasteiger partial charge in [-0.05, 0) is 18.8 Å². The molecule has 1 aromatic heterocycles. The molecule has 0 radical (unpaired) electrons. The molecule has 0 aliphatic heterocycles. The summed E-state index contributed by atoms with van der Waals surface area (Å²) >= 11 is 1.48. The van der Waals surface area contributed by atoms with Crippen LogP contribution >= 0.6 is 11.8 Å². The van der Waals surface area contributed by atoms with Crippen molar-refractivity contribution in [2.75, 3.05) is 0 Å². The van der Waals surface area contributed by atoms with E-state index >= 15 is 0 Å². The fourth-order valence-electron chi connectivity index (χ4n) is 2.36. The lowest BCUT2D eigenvalue weighted by atomic mass is 9.87. The summed E-state index contributed by atoms with van der Waals surface area (Å²) in [5, 5.41) is 27.0. The number of nitrogens with zero attached hydrogens (tertiary/aromatic N) is 4. The Balaban J connectivity index is 2.05. The van der Waals surface area contributed by atoms with Crippen molar-refractivity contribution in [3.8, 4) is 6.07 Å². The zero-order chi connectivity index (χ0) is 13.0. The first-order valence-corrected chi connectivity index (χ1v) is 7.19. The second kappa shape index (κ2) is 6.21. The van der Waals surface area contributed by atoms with Crippen molar-refractivity contribution < 1.29 is 5.11 Å². The third kappa shape index (κ3) is 2.85. The van der Waals surface area contributed by atoms with Gasteiger partial charge in [-0.1, -0.05) is 31.0 Å². The van der Waals surface area contributed by atoms with Crippen LogP contribution in [0.2, 0.25) is 0 Å². The molecule has 1 aliphatic rings. The molecular weight excluding hydrogens is 248 g/mol. The highest BCUT2D eigenvalue weighted by Crippen LogP contribution is 2.35. The number of aliphatic hydroxyl groups is 1. The van der Waals surface area contributed by atoms with Crippen LogP contribution in [0.3, 0.4) is 0 Å². The van der Waals surface area contributed by atoms with E-state index in [-0.39, 0.29) is 11.9 Å². The summed E-state index contributed by atoms with van der Waals surface area (Å²) in [4.78, 5) is 0. The maximum Gasteiger partial charge on any atom is 0.192 e. The van der Waals surface area contributed by atoms with Crippen molar-refractivity contribution in [2.24, 2.45) is 13.0 Å². The normalized spacial score (nSPS) is 18.5. The number of nitriles is 1. The Morgan fingerprint density at radius 1 is 1.44 bits per heavy atom. The minimum absolute atomic E-state index is 0.0558. The van der Waals surface area contributed by atoms with E-state index in [0.29, 0.717) is 11.7 Å². The van der Waals surface area contributed by atoms with Crippen molar-refractivity contribution in [2.45, 2.75) is 49.1 Å². The number of hydrogen-bond donors (Lipinski definition) is 1. The minimum atomic E-state index is -0.120. The molecule has 1 atom stereocenters. The van der Waals surface area contributed by atoms with Gasteiger partial charge in [0.05, 0.1) is 6.07 Å². The van der Waals surface area contributed by atoms with Gasteiger partial charge in [-0.15, -0.1) is 10.2 Å². The zero-order valence-corrected chi connectivity index (χ0v) is 11.4. The molecule has 0 saturated heterocycles. The smallest absolute Gasteiger partial charge is 0.192 e. The molecular formula is C12H18N4OS. The highest BCUT2D eigenvalue weighted by molar-refractivity contribution is 8.00. The van der Waals surface area contributed by atoms with Crippen LogP contribution in [0.25, 0.3) is 0 Å². The second-order valence-electron chi connectivity index (χ2n) is 4.68. The summed E-state index contributed by atoms with van der Waals surface area (Å²) in [6, 6.07) is 2.39. The van der Waals surface area contributed by atoms with Crippen molar-refractivity contribution in [1.29, 1.82) is 5.26 Å². The summed E-state index contributed by atoms with van der Waals surface area (Å²) in [6.07, 6.45) is 6.01. The molecule has 0 aromatic carbocycles. The van der Waals surface area contributed by atoms with Crippen LogP contribution in [0.4, 0.5) is 0 Å². The van der Waals surface area contributed by atoms with Gasteiger partial charge in [0.25, 0.3) is 0 Å². The molecule has 1 fully saturated rings. The lowest BCUT2D eigenvalue weighted by Gasteiger charge is -2.24. The second-order valence-corrected chi connectivity index (χ2v) is 5.79. The predicted molar refractivity (Wildman–Crippen MR) is 68.8 cm³/mol. The SMILES string of the molecule is Cn1c(CO)nnc1SC(C#N)C1CCCCC1. The summed E-state index contributed by atoms with van der Waals surface area (Å²) in [7, 11) is 1.82. The van der Waals surface area contributed by atoms with Gasteiger partial charge in [-0.3, -0.25) is 0 Å². The topological polar surface area (TPSA) is 74.7 Å². The molecule has 2 rings (SSSR count). The molecule has 6 heteroatoms. The third-order valence-corrected chi connectivity index (χ3v) is 4.81. The largest absolute Gasteiger partial charge is 0.388 e. The van der Waals surface area contributed by atoms with Crippen molar-refractivity contribution in [3.63, 3.8) is 0 Å². The standard InChI is InChI=1S/C12H18N4OS/c1-16-11(8-17)14-15-12(16)18-10(7-13)9-5-3-2-4-6-9/h9-10,17H,2-6,8H2,1H3. The number of aliphatic hydroxyl groups excluding tert-OH is 1. The van der Waals surface area contributed by atoms with Gasteiger partial charge in [-0.25, -0.2) is 0 Å². The van der Waals surface area contributed by atoms with Crippen molar-refractivity contribution in [3.05, 3.63) is 5.82 Å². The molecule has 0 amide bonds. The quantitative estimate of drug-likeness (QED) is 0.842. The Morgan fingerprint density at radius 2 is 2.17 bits per heavy atom. The minimum Gasteiger partial charge on any atom is -0.388 e. The van der Waals surface area contributed by atoms with E-state index in [1.54, 1.807) is 4.57 Å². The predicted octanol–water partition coefficient (Wildman–Crippen LogP) is 1.87. The van der Waals surface area contributed by atoms with Crippen LogP contribution in [0.5, 0.6) is 0 Å². The Labute approximate surface area is 111 Å². The van der Waals surface area contributed by atoms with Crippen molar-refractivity contribution in [1.82, 2.24) is 14.8 Å². The van der Waals surface area contributed by atoms with Crippen LogP contribution in [0, 0.1) is 17.2 Å². The van der Waals surface area contributed by atoms with Gasteiger partial charge in [0, 0.05) is 7.05 Å². The number of aromatic nitrogens is 3. The average molecular weight is 266 g/mol. The van der Waals surface area contributed by atoms with Crippen LogP contribution in [0.15, 0.2) is 5.16 Å². The first-order valence-electron chi connectivity index (χ1n) is 6.31. The van der Waals surface area contributed by atoms with Crippen LogP contribution in [-0.4, -0.2) is 25.1 Å². The lowest BCUT2D eigenvalue weighted by Crippen LogP contribution is -2.19. The van der Waals surface area contributed by atoms with Crippen molar-refractivity contribution >= 4 is 11.8 Å². The number of hydrogen-bond acceptors (Lipinski definition) is 5.